The maximum Gasteiger partial charge on any atom is 0.245 e. The number of rotatable bonds is 10. The largest absolute Gasteiger partial charge is 0.392 e. The van der Waals surface area contributed by atoms with E-state index in [1.807, 2.05) is 0 Å². The van der Waals surface area contributed by atoms with E-state index in [1.54, 1.807) is 0 Å². The van der Waals surface area contributed by atoms with E-state index in [0.29, 0.717) is 12.5 Å². The minimum absolute atomic E-state index is 0.202. The van der Waals surface area contributed by atoms with Gasteiger partial charge < -0.3 is 21.7 Å². The van der Waals surface area contributed by atoms with Gasteiger partial charge in [0.1, 0.15) is 5.82 Å². The van der Waals surface area contributed by atoms with Gasteiger partial charge in [-0.1, -0.05) is 43.5 Å². The van der Waals surface area contributed by atoms with Gasteiger partial charge in [0.15, 0.2) is 0 Å². The summed E-state index contributed by atoms with van der Waals surface area (Å²) in [5.41, 5.74) is 8.41. The highest BCUT2D eigenvalue weighted by Gasteiger charge is 2.11. The van der Waals surface area contributed by atoms with Crippen molar-refractivity contribution in [1.82, 2.24) is 20.6 Å². The highest BCUT2D eigenvalue weighted by atomic mass is 15.1. The zero-order chi connectivity index (χ0) is 20.3. The predicted molar refractivity (Wildman–Crippen MR) is 118 cm³/mol. The highest BCUT2D eigenvalue weighted by molar-refractivity contribution is 5.62. The first-order chi connectivity index (χ1) is 14.2. The molecule has 0 saturated heterocycles. The van der Waals surface area contributed by atoms with Crippen LogP contribution in [-0.4, -0.2) is 29.1 Å². The number of hydrogen-bond donors (Lipinski definition) is 4. The first-order valence-electron chi connectivity index (χ1n) is 10.5. The lowest BCUT2D eigenvalue weighted by atomic mass is 9.95. The van der Waals surface area contributed by atoms with Gasteiger partial charge in [0, 0.05) is 25.3 Å². The van der Waals surface area contributed by atoms with Crippen molar-refractivity contribution >= 4 is 17.5 Å². The molecular formula is C22H31N7. The fourth-order valence-corrected chi connectivity index (χ4v) is 3.58. The van der Waals surface area contributed by atoms with Crippen molar-refractivity contribution in [3.8, 4) is 0 Å². The molecule has 1 aromatic carbocycles. The molecule has 0 spiro atoms. The first-order valence-corrected chi connectivity index (χ1v) is 10.5. The summed E-state index contributed by atoms with van der Waals surface area (Å²) >= 11 is 0. The Morgan fingerprint density at radius 3 is 2.45 bits per heavy atom. The van der Waals surface area contributed by atoms with E-state index >= 15 is 0 Å². The van der Waals surface area contributed by atoms with Gasteiger partial charge in [0.25, 0.3) is 0 Å². The van der Waals surface area contributed by atoms with Crippen LogP contribution in [0.1, 0.15) is 49.7 Å². The van der Waals surface area contributed by atoms with Crippen LogP contribution in [0.4, 0.5) is 17.5 Å². The molecule has 0 atom stereocenters. The second-order valence-electron chi connectivity index (χ2n) is 7.57. The average molecular weight is 394 g/mol. The molecule has 1 aromatic heterocycles. The number of nitrogens with one attached hydrogen (secondary N) is 3. The highest BCUT2D eigenvalue weighted by Crippen LogP contribution is 2.19. The molecule has 0 aliphatic heterocycles. The molecule has 0 radical (unpaired) electrons. The molecule has 7 heteroatoms. The number of nitrogens with two attached hydrogens (primary N) is 1. The molecule has 0 unspecified atom stereocenters. The third-order valence-corrected chi connectivity index (χ3v) is 5.29. The van der Waals surface area contributed by atoms with Crippen molar-refractivity contribution in [2.24, 2.45) is 0 Å². The zero-order valence-electron chi connectivity index (χ0n) is 17.0. The lowest BCUT2D eigenvalue weighted by Crippen LogP contribution is -2.33. The van der Waals surface area contributed by atoms with Crippen molar-refractivity contribution in [3.63, 3.8) is 0 Å². The monoisotopic (exact) mass is 393 g/mol. The maximum absolute atomic E-state index is 6.97. The van der Waals surface area contributed by atoms with Crippen LogP contribution in [0.2, 0.25) is 0 Å². The molecule has 1 saturated carbocycles. The first kappa shape index (κ1) is 21.0. The number of nitrogen functional groups attached to an aromatic ring is 1. The summed E-state index contributed by atoms with van der Waals surface area (Å²) in [6.07, 6.45) is 9.48. The predicted octanol–water partition coefficient (Wildman–Crippen LogP) is 3.62. The Labute approximate surface area is 173 Å². The summed E-state index contributed by atoms with van der Waals surface area (Å²) in [5.74, 6) is 0.635. The van der Waals surface area contributed by atoms with E-state index in [4.69, 9.17) is 12.3 Å². The molecule has 1 fully saturated rings. The van der Waals surface area contributed by atoms with Crippen molar-refractivity contribution in [3.05, 3.63) is 53.0 Å². The summed E-state index contributed by atoms with van der Waals surface area (Å²) in [7, 11) is 0. The molecule has 29 heavy (non-hydrogen) atoms. The molecule has 0 bridgehead atoms. The molecule has 154 valence electrons. The lowest BCUT2D eigenvalue weighted by Gasteiger charge is -2.22. The SMILES string of the molecule is [C-]#[N+]c1cnc(NCc2ccc(CNCCCNC3CCCCC3)cc2)nc1N. The maximum atomic E-state index is 6.97. The summed E-state index contributed by atoms with van der Waals surface area (Å²) in [6, 6.07) is 9.23. The third kappa shape index (κ3) is 7.00. The van der Waals surface area contributed by atoms with Crippen molar-refractivity contribution in [2.75, 3.05) is 24.1 Å². The Balaban J connectivity index is 1.31. The van der Waals surface area contributed by atoms with E-state index in [9.17, 15) is 0 Å². The van der Waals surface area contributed by atoms with E-state index in [2.05, 4.69) is 55.0 Å². The van der Waals surface area contributed by atoms with E-state index < -0.39 is 0 Å². The number of aromatic nitrogens is 2. The molecule has 2 aromatic rings. The normalized spacial score (nSPS) is 14.4. The molecule has 5 N–H and O–H groups in total. The van der Waals surface area contributed by atoms with Crippen LogP contribution < -0.4 is 21.7 Å². The lowest BCUT2D eigenvalue weighted by molar-refractivity contribution is 0.371. The minimum atomic E-state index is 0.202. The summed E-state index contributed by atoms with van der Waals surface area (Å²) in [6.45, 7) is 10.6. The molecule has 1 heterocycles. The van der Waals surface area contributed by atoms with Crippen LogP contribution in [0.5, 0.6) is 0 Å². The van der Waals surface area contributed by atoms with Crippen LogP contribution in [0.25, 0.3) is 4.85 Å². The summed E-state index contributed by atoms with van der Waals surface area (Å²) < 4.78 is 0. The van der Waals surface area contributed by atoms with Crippen molar-refractivity contribution in [1.29, 1.82) is 0 Å². The van der Waals surface area contributed by atoms with Gasteiger partial charge in [-0.25, -0.2) is 14.8 Å². The average Bonchev–Trinajstić information content (AvgIpc) is 2.76. The van der Waals surface area contributed by atoms with Crippen LogP contribution in [0, 0.1) is 6.57 Å². The molecular weight excluding hydrogens is 362 g/mol. The smallest absolute Gasteiger partial charge is 0.245 e. The number of hydrogen-bond acceptors (Lipinski definition) is 6. The van der Waals surface area contributed by atoms with E-state index in [1.165, 1.54) is 43.9 Å². The number of benzene rings is 1. The second kappa shape index (κ2) is 11.3. The topological polar surface area (TPSA) is 92.2 Å². The van der Waals surface area contributed by atoms with Crippen molar-refractivity contribution in [2.45, 2.75) is 57.7 Å². The van der Waals surface area contributed by atoms with Gasteiger partial charge in [-0.05, 0) is 43.5 Å². The van der Waals surface area contributed by atoms with Crippen LogP contribution in [0.15, 0.2) is 30.5 Å². The molecule has 0 amide bonds. The molecule has 1 aliphatic carbocycles. The molecule has 3 rings (SSSR count). The standard InChI is InChI=1S/C22H31N7/c1-24-20-16-28-22(29-21(20)23)27-15-18-10-8-17(9-11-18)14-25-12-5-13-26-19-6-3-2-4-7-19/h8-11,16,19,25-26H,2-7,12-15H2,(H3,23,27,28,29). The Bertz CT molecular complexity index is 792. The van der Waals surface area contributed by atoms with Gasteiger partial charge >= 0.3 is 0 Å². The Morgan fingerprint density at radius 1 is 1.03 bits per heavy atom. The van der Waals surface area contributed by atoms with Crippen LogP contribution >= 0.6 is 0 Å². The zero-order valence-corrected chi connectivity index (χ0v) is 17.0. The number of anilines is 2. The van der Waals surface area contributed by atoms with Gasteiger partial charge in [0.2, 0.25) is 11.6 Å². The fraction of sp³-hybridized carbons (Fsp3) is 0.500. The summed E-state index contributed by atoms with van der Waals surface area (Å²) in [4.78, 5) is 11.5. The van der Waals surface area contributed by atoms with E-state index in [-0.39, 0.29) is 11.5 Å². The van der Waals surface area contributed by atoms with Crippen LogP contribution in [-0.2, 0) is 13.1 Å². The molecule has 1 aliphatic rings. The van der Waals surface area contributed by atoms with Gasteiger partial charge in [-0.3, -0.25) is 0 Å². The van der Waals surface area contributed by atoms with Gasteiger partial charge in [-0.15, -0.1) is 0 Å². The second-order valence-corrected chi connectivity index (χ2v) is 7.57. The molecule has 7 nitrogen and oxygen atoms in total. The minimum Gasteiger partial charge on any atom is -0.392 e. The Kier molecular flexibility index (Phi) is 8.23. The Hall–Kier alpha value is -2.69. The quantitative estimate of drug-likeness (QED) is 0.364. The summed E-state index contributed by atoms with van der Waals surface area (Å²) in [5, 5.41) is 10.3. The Morgan fingerprint density at radius 2 is 1.76 bits per heavy atom. The van der Waals surface area contributed by atoms with Gasteiger partial charge in [-0.2, -0.15) is 0 Å². The van der Waals surface area contributed by atoms with Crippen molar-refractivity contribution < 1.29 is 0 Å². The van der Waals surface area contributed by atoms with Gasteiger partial charge in [0.05, 0.1) is 6.57 Å². The van der Waals surface area contributed by atoms with E-state index in [0.717, 1.165) is 37.7 Å². The third-order valence-electron chi connectivity index (χ3n) is 5.29. The number of nitrogens with zero attached hydrogens (tertiary/aromatic N) is 3. The van der Waals surface area contributed by atoms with Crippen LogP contribution in [0.3, 0.4) is 0 Å². The fourth-order valence-electron chi connectivity index (χ4n) is 3.58.